The van der Waals surface area contributed by atoms with E-state index in [2.05, 4.69) is 113 Å². The summed E-state index contributed by atoms with van der Waals surface area (Å²) in [5, 5.41) is 0. The Hall–Kier alpha value is -4.50. The molecule has 1 saturated carbocycles. The van der Waals surface area contributed by atoms with Gasteiger partial charge in [-0.05, 0) is 41.2 Å². The molecule has 4 aromatic rings. The number of fused-ring (bicyclic) bond motifs is 1. The number of imidazole rings is 1. The van der Waals surface area contributed by atoms with E-state index in [9.17, 15) is 0 Å². The summed E-state index contributed by atoms with van der Waals surface area (Å²) in [5.41, 5.74) is 11.9. The molecule has 1 spiro atoms. The van der Waals surface area contributed by atoms with E-state index in [4.69, 9.17) is 4.98 Å². The van der Waals surface area contributed by atoms with Crippen molar-refractivity contribution in [3.8, 4) is 22.5 Å². The molecule has 1 fully saturated rings. The van der Waals surface area contributed by atoms with Gasteiger partial charge in [0.25, 0.3) is 0 Å². The molecule has 3 atom stereocenters. The average Bonchev–Trinajstić information content (AvgIpc) is 3.36. The van der Waals surface area contributed by atoms with Crippen LogP contribution in [0.5, 0.6) is 0 Å². The van der Waals surface area contributed by atoms with Crippen molar-refractivity contribution in [2.24, 2.45) is 16.7 Å². The summed E-state index contributed by atoms with van der Waals surface area (Å²) in [5.74, 6) is 1.30. The van der Waals surface area contributed by atoms with Crippen LogP contribution in [0.1, 0.15) is 18.4 Å². The smallest absolute Gasteiger partial charge is 0.234 e. The number of nitrogens with zero attached hydrogens (tertiary/aromatic N) is 3. The van der Waals surface area contributed by atoms with Crippen molar-refractivity contribution in [3.05, 3.63) is 144 Å². The van der Waals surface area contributed by atoms with Crippen LogP contribution in [-0.4, -0.2) is 14.4 Å². The number of aromatic nitrogens is 3. The highest BCUT2D eigenvalue weighted by Gasteiger charge is 2.68. The first-order valence-corrected chi connectivity index (χ1v) is 13.5. The summed E-state index contributed by atoms with van der Waals surface area (Å²) in [7, 11) is 0. The number of allylic oxidation sites excluding steroid dienone is 12. The number of hydrogen-bond donors (Lipinski definition) is 0. The third kappa shape index (κ3) is 2.44. The first-order chi connectivity index (χ1) is 18.8. The molecule has 2 heterocycles. The van der Waals surface area contributed by atoms with Crippen molar-refractivity contribution in [2.45, 2.75) is 12.8 Å². The summed E-state index contributed by atoms with van der Waals surface area (Å²) in [4.78, 5) is 9.43. The van der Waals surface area contributed by atoms with E-state index in [1.54, 1.807) is 11.8 Å². The summed E-state index contributed by atoms with van der Waals surface area (Å²) in [6.45, 7) is 0. The van der Waals surface area contributed by atoms with Gasteiger partial charge < -0.3 is 0 Å². The normalized spacial score (nSPS) is 27.6. The van der Waals surface area contributed by atoms with Gasteiger partial charge >= 0.3 is 0 Å². The van der Waals surface area contributed by atoms with Crippen LogP contribution in [0.15, 0.2) is 138 Å². The van der Waals surface area contributed by atoms with E-state index in [0.717, 1.165) is 28.9 Å². The van der Waals surface area contributed by atoms with Crippen LogP contribution in [0.25, 0.3) is 33.9 Å². The van der Waals surface area contributed by atoms with Gasteiger partial charge in [0, 0.05) is 40.3 Å². The van der Waals surface area contributed by atoms with Crippen molar-refractivity contribution < 1.29 is 0 Å². The number of hydrogen-bond acceptors (Lipinski definition) is 2. The molecule has 38 heavy (non-hydrogen) atoms. The van der Waals surface area contributed by atoms with Gasteiger partial charge in [-0.2, -0.15) is 0 Å². The van der Waals surface area contributed by atoms with Crippen molar-refractivity contribution in [2.75, 3.05) is 0 Å². The van der Waals surface area contributed by atoms with Crippen molar-refractivity contribution in [1.82, 2.24) is 14.4 Å². The maximum absolute atomic E-state index is 4.91. The zero-order valence-electron chi connectivity index (χ0n) is 20.9. The minimum Gasteiger partial charge on any atom is -0.283 e. The predicted octanol–water partition coefficient (Wildman–Crippen LogP) is 7.78. The van der Waals surface area contributed by atoms with Crippen LogP contribution in [0.3, 0.4) is 0 Å². The first kappa shape index (κ1) is 20.5. The Morgan fingerprint density at radius 2 is 1.71 bits per heavy atom. The molecular weight excluding hydrogens is 462 g/mol. The van der Waals surface area contributed by atoms with E-state index < -0.39 is 0 Å². The molecule has 2 bridgehead atoms. The summed E-state index contributed by atoms with van der Waals surface area (Å²) >= 11 is 0. The van der Waals surface area contributed by atoms with E-state index >= 15 is 0 Å². The van der Waals surface area contributed by atoms with Crippen molar-refractivity contribution >= 4 is 11.4 Å². The van der Waals surface area contributed by atoms with E-state index in [0.29, 0.717) is 11.7 Å². The van der Waals surface area contributed by atoms with E-state index in [-0.39, 0.29) is 10.8 Å². The zero-order valence-corrected chi connectivity index (χ0v) is 20.9. The fourth-order valence-corrected chi connectivity index (χ4v) is 7.98. The summed E-state index contributed by atoms with van der Waals surface area (Å²) in [6.07, 6.45) is 25.3. The highest BCUT2D eigenvalue weighted by molar-refractivity contribution is 5.89. The van der Waals surface area contributed by atoms with Gasteiger partial charge in [0.2, 0.25) is 5.78 Å². The van der Waals surface area contributed by atoms with Gasteiger partial charge in [-0.3, -0.25) is 4.40 Å². The molecule has 3 nitrogen and oxygen atoms in total. The predicted molar refractivity (Wildman–Crippen MR) is 152 cm³/mol. The van der Waals surface area contributed by atoms with Crippen LogP contribution < -0.4 is 0 Å². The molecule has 9 rings (SSSR count). The maximum atomic E-state index is 4.91. The third-order valence-electron chi connectivity index (χ3n) is 9.45. The molecule has 0 saturated heterocycles. The second-order valence-electron chi connectivity index (χ2n) is 11.2. The molecule has 180 valence electrons. The van der Waals surface area contributed by atoms with Gasteiger partial charge in [0.1, 0.15) is 0 Å². The molecular formula is C35H25N3. The quantitative estimate of drug-likeness (QED) is 0.295. The van der Waals surface area contributed by atoms with Gasteiger partial charge in [0.15, 0.2) is 0 Å². The Morgan fingerprint density at radius 3 is 2.61 bits per heavy atom. The number of benzene rings is 2. The SMILES string of the molecule is C1=CC23C=CC4=CC=C(c5ccc(-c6c(-c7ccccc7)nc7ncccn67)cc5)C5=CCC(=C1)C2C45C3. The highest BCUT2D eigenvalue weighted by Crippen LogP contribution is 2.77. The largest absolute Gasteiger partial charge is 0.283 e. The molecule has 0 aliphatic heterocycles. The molecule has 3 unspecified atom stereocenters. The molecule has 5 aliphatic rings. The average molecular weight is 488 g/mol. The molecule has 3 heteroatoms. The van der Waals surface area contributed by atoms with Crippen LogP contribution in [0.4, 0.5) is 0 Å². The monoisotopic (exact) mass is 487 g/mol. The van der Waals surface area contributed by atoms with Crippen molar-refractivity contribution in [1.29, 1.82) is 0 Å². The number of rotatable bonds is 3. The van der Waals surface area contributed by atoms with Crippen LogP contribution in [0, 0.1) is 16.7 Å². The third-order valence-corrected chi connectivity index (χ3v) is 9.45. The molecule has 2 aromatic heterocycles. The second-order valence-corrected chi connectivity index (χ2v) is 11.2. The lowest BCUT2D eigenvalue weighted by molar-refractivity contribution is 0.0101. The van der Waals surface area contributed by atoms with Gasteiger partial charge in [0.05, 0.1) is 11.4 Å². The molecule has 5 aliphatic carbocycles. The Balaban J connectivity index is 1.16. The summed E-state index contributed by atoms with van der Waals surface area (Å²) < 4.78 is 2.10. The topological polar surface area (TPSA) is 30.2 Å². The lowest BCUT2D eigenvalue weighted by Gasteiger charge is -2.69. The van der Waals surface area contributed by atoms with Gasteiger partial charge in [-0.1, -0.05) is 109 Å². The molecule has 2 aromatic carbocycles. The maximum Gasteiger partial charge on any atom is 0.234 e. The minimum atomic E-state index is 0.139. The van der Waals surface area contributed by atoms with Crippen molar-refractivity contribution in [3.63, 3.8) is 0 Å². The minimum absolute atomic E-state index is 0.139. The highest BCUT2D eigenvalue weighted by atomic mass is 15.1. The summed E-state index contributed by atoms with van der Waals surface area (Å²) in [6, 6.07) is 21.4. The van der Waals surface area contributed by atoms with Gasteiger partial charge in [-0.15, -0.1) is 0 Å². The fourth-order valence-electron chi connectivity index (χ4n) is 7.98. The fraction of sp³-hybridized carbons (Fsp3) is 0.143. The van der Waals surface area contributed by atoms with E-state index in [1.807, 2.05) is 12.1 Å². The zero-order chi connectivity index (χ0) is 24.9. The molecule has 0 N–H and O–H groups in total. The molecule has 0 radical (unpaired) electrons. The first-order valence-electron chi connectivity index (χ1n) is 13.5. The Labute approximate surface area is 221 Å². The molecule has 0 amide bonds. The lowest BCUT2D eigenvalue weighted by Crippen LogP contribution is -2.61. The second kappa shape index (κ2) is 7.08. The van der Waals surface area contributed by atoms with E-state index in [1.165, 1.54) is 28.7 Å². The Kier molecular flexibility index (Phi) is 3.83. The van der Waals surface area contributed by atoms with Crippen LogP contribution >= 0.6 is 0 Å². The Bertz CT molecular complexity index is 1860. The lowest BCUT2D eigenvalue weighted by atomic mass is 9.33. The Morgan fingerprint density at radius 1 is 0.842 bits per heavy atom. The standard InChI is InChI=1S/C35H25N3/c1-2-6-24(7-3-1)30-31(38-21-5-20-36-33(38)37-30)25-11-9-23(10-12-25)28-15-14-27-17-19-34-18-4-8-26-13-16-29(28)35(27,22-34)32(26)34/h1-12,14-21,32H,13,22H2. The van der Waals surface area contributed by atoms with Crippen LogP contribution in [-0.2, 0) is 0 Å². The van der Waals surface area contributed by atoms with Crippen LogP contribution in [0.2, 0.25) is 0 Å². The van der Waals surface area contributed by atoms with Gasteiger partial charge in [-0.25, -0.2) is 9.97 Å².